The Morgan fingerprint density at radius 2 is 1.70 bits per heavy atom. The van der Waals surface area contributed by atoms with Crippen LogP contribution in [0, 0.1) is 0 Å². The molecular weight excluding hydrogens is 423 g/mol. The van der Waals surface area contributed by atoms with Gasteiger partial charge in [-0.25, -0.2) is 4.98 Å². The molecule has 0 aliphatic carbocycles. The molecule has 6 nitrogen and oxygen atoms in total. The number of nitrogens with one attached hydrogen (secondary N) is 1. The average molecular weight is 439 g/mol. The number of benzene rings is 3. The zero-order chi connectivity index (χ0) is 20.9. The second-order valence-corrected chi connectivity index (χ2v) is 7.15. The Hall–Kier alpha value is -3.35. The molecule has 1 aromatic heterocycles. The molecular formula is C22H16Cl2N4O2. The number of anilines is 2. The lowest BCUT2D eigenvalue weighted by Crippen LogP contribution is -2.23. The van der Waals surface area contributed by atoms with Crippen LogP contribution in [-0.2, 0) is 0 Å². The number of halogens is 2. The molecule has 0 atom stereocenters. The maximum absolute atomic E-state index is 13.0. The molecule has 1 heterocycles. The van der Waals surface area contributed by atoms with Gasteiger partial charge in [0.25, 0.3) is 5.56 Å². The highest BCUT2D eigenvalue weighted by Crippen LogP contribution is 2.18. The monoisotopic (exact) mass is 438 g/mol. The van der Waals surface area contributed by atoms with Gasteiger partial charge in [-0.3, -0.25) is 4.79 Å². The Balaban J connectivity index is 1.69. The smallest absolute Gasteiger partial charge is 0.283 e. The van der Waals surface area contributed by atoms with Crippen LogP contribution in [0.2, 0.25) is 5.02 Å². The third kappa shape index (κ3) is 4.62. The molecule has 0 amide bonds. The number of hydrogen-bond donors (Lipinski definition) is 1. The maximum atomic E-state index is 13.0. The van der Waals surface area contributed by atoms with Crippen LogP contribution in [0.15, 0.2) is 88.8 Å². The largest absolute Gasteiger partial charge is 0.486 e. The molecule has 1 N–H and O–H groups in total. The molecule has 3 aromatic carbocycles. The Kier molecular flexibility index (Phi) is 5.97. The fourth-order valence-corrected chi connectivity index (χ4v) is 3.02. The lowest BCUT2D eigenvalue weighted by atomic mass is 10.2. The molecule has 4 aromatic rings. The highest BCUT2D eigenvalue weighted by Gasteiger charge is 2.12. The van der Waals surface area contributed by atoms with Gasteiger partial charge in [0.05, 0.1) is 10.9 Å². The molecule has 0 fully saturated rings. The zero-order valence-electron chi connectivity index (χ0n) is 15.6. The van der Waals surface area contributed by atoms with Gasteiger partial charge in [0.2, 0.25) is 5.95 Å². The van der Waals surface area contributed by atoms with Crippen LogP contribution in [0.4, 0.5) is 11.6 Å². The van der Waals surface area contributed by atoms with Gasteiger partial charge in [-0.1, -0.05) is 53.5 Å². The van der Waals surface area contributed by atoms with Crippen LogP contribution in [0.5, 0.6) is 5.75 Å². The minimum Gasteiger partial charge on any atom is -0.486 e. The van der Waals surface area contributed by atoms with Crippen LogP contribution >= 0.6 is 23.2 Å². The van der Waals surface area contributed by atoms with Gasteiger partial charge < -0.3 is 10.1 Å². The first-order valence-electron chi connectivity index (χ1n) is 9.06. The number of fused-ring (bicyclic) bond motifs is 1. The summed E-state index contributed by atoms with van der Waals surface area (Å²) in [5, 5.41) is 8.49. The van der Waals surface area contributed by atoms with Crippen LogP contribution in [0.1, 0.15) is 0 Å². The van der Waals surface area contributed by atoms with E-state index >= 15 is 0 Å². The summed E-state index contributed by atoms with van der Waals surface area (Å²) in [7, 11) is 0. The van der Waals surface area contributed by atoms with E-state index in [0.29, 0.717) is 21.7 Å². The fraction of sp³-hybridized carbons (Fsp3) is 0.0455. The molecule has 0 unspecified atom stereocenters. The minimum absolute atomic E-state index is 0.0206. The molecule has 0 saturated carbocycles. The van der Waals surface area contributed by atoms with Gasteiger partial charge in [-0.15, -0.1) is 0 Å². The van der Waals surface area contributed by atoms with E-state index in [2.05, 4.69) is 15.4 Å². The highest BCUT2D eigenvalue weighted by atomic mass is 35.5. The van der Waals surface area contributed by atoms with Gasteiger partial charge in [0, 0.05) is 10.7 Å². The number of hydrogen-bond acceptors (Lipinski definition) is 5. The molecule has 0 aliphatic rings. The third-order valence-electron chi connectivity index (χ3n) is 4.16. The Morgan fingerprint density at radius 3 is 2.47 bits per heavy atom. The Bertz CT molecular complexity index is 1260. The fourth-order valence-electron chi connectivity index (χ4n) is 2.76. The summed E-state index contributed by atoms with van der Waals surface area (Å²) in [5.41, 5.74) is 0.974. The second kappa shape index (κ2) is 8.98. The van der Waals surface area contributed by atoms with Gasteiger partial charge in [0.1, 0.15) is 12.4 Å². The first kappa shape index (κ1) is 19.9. The molecule has 0 aliphatic heterocycles. The van der Waals surface area contributed by atoms with E-state index in [1.54, 1.807) is 42.5 Å². The molecule has 150 valence electrons. The molecule has 0 saturated heterocycles. The topological polar surface area (TPSA) is 68.5 Å². The lowest BCUT2D eigenvalue weighted by Gasteiger charge is -2.12. The van der Waals surface area contributed by atoms with Gasteiger partial charge in [-0.05, 0) is 48.5 Å². The van der Waals surface area contributed by atoms with Gasteiger partial charge >= 0.3 is 0 Å². The highest BCUT2D eigenvalue weighted by molar-refractivity contribution is 6.65. The van der Waals surface area contributed by atoms with Crippen LogP contribution in [0.3, 0.4) is 0 Å². The van der Waals surface area contributed by atoms with Crippen molar-refractivity contribution in [3.05, 3.63) is 94.2 Å². The van der Waals surface area contributed by atoms with E-state index in [1.807, 2.05) is 36.4 Å². The third-order valence-corrected chi connectivity index (χ3v) is 4.60. The van der Waals surface area contributed by atoms with Crippen molar-refractivity contribution >= 4 is 50.9 Å². The predicted octanol–water partition coefficient (Wildman–Crippen LogP) is 5.27. The molecule has 0 radical (unpaired) electrons. The van der Waals surface area contributed by atoms with E-state index in [9.17, 15) is 4.79 Å². The van der Waals surface area contributed by atoms with E-state index in [4.69, 9.17) is 27.9 Å². The van der Waals surface area contributed by atoms with Crippen molar-refractivity contribution in [2.45, 2.75) is 0 Å². The van der Waals surface area contributed by atoms with Crippen molar-refractivity contribution in [3.63, 3.8) is 0 Å². The summed E-state index contributed by atoms with van der Waals surface area (Å²) in [6, 6.07) is 23.3. The van der Waals surface area contributed by atoms with Crippen molar-refractivity contribution in [1.82, 2.24) is 9.66 Å². The summed E-state index contributed by atoms with van der Waals surface area (Å²) in [6.07, 6.45) is 0. The number of nitrogens with zero attached hydrogens (tertiary/aromatic N) is 3. The molecule has 0 bridgehead atoms. The van der Waals surface area contributed by atoms with E-state index < -0.39 is 0 Å². The average Bonchev–Trinajstić information content (AvgIpc) is 2.77. The normalized spacial score (nSPS) is 11.5. The van der Waals surface area contributed by atoms with Gasteiger partial charge in [-0.2, -0.15) is 9.78 Å². The maximum Gasteiger partial charge on any atom is 0.283 e. The quantitative estimate of drug-likeness (QED) is 0.416. The Labute approximate surface area is 182 Å². The summed E-state index contributed by atoms with van der Waals surface area (Å²) in [4.78, 5) is 17.6. The van der Waals surface area contributed by atoms with Crippen molar-refractivity contribution in [2.24, 2.45) is 5.10 Å². The van der Waals surface area contributed by atoms with Crippen molar-refractivity contribution in [1.29, 1.82) is 0 Å². The van der Waals surface area contributed by atoms with Crippen molar-refractivity contribution < 1.29 is 4.74 Å². The SMILES string of the molecule is O=c1c2ccccc2nc(Nc2ccccc2)n1/N=C(\Cl)COc1ccc(Cl)cc1. The number of rotatable bonds is 6. The zero-order valence-corrected chi connectivity index (χ0v) is 17.1. The van der Waals surface area contributed by atoms with Gasteiger partial charge in [0.15, 0.2) is 5.17 Å². The summed E-state index contributed by atoms with van der Waals surface area (Å²) in [6.45, 7) is -0.0206. The molecule has 8 heteroatoms. The lowest BCUT2D eigenvalue weighted by molar-refractivity contribution is 0.378. The summed E-state index contributed by atoms with van der Waals surface area (Å²) in [5.74, 6) is 0.828. The first-order valence-corrected chi connectivity index (χ1v) is 9.81. The molecule has 0 spiro atoms. The van der Waals surface area contributed by atoms with Crippen molar-refractivity contribution in [2.75, 3.05) is 11.9 Å². The standard InChI is InChI=1S/C22H16Cl2N4O2/c23-15-10-12-17(13-11-15)30-14-20(24)27-28-21(29)18-8-4-5-9-19(18)26-22(28)25-16-6-2-1-3-7-16/h1-13H,14H2,(H,25,26)/b27-20-. The van der Waals surface area contributed by atoms with Crippen LogP contribution in [-0.4, -0.2) is 21.4 Å². The summed E-state index contributed by atoms with van der Waals surface area (Å²) >= 11 is 12.2. The van der Waals surface area contributed by atoms with E-state index in [0.717, 1.165) is 10.4 Å². The predicted molar refractivity (Wildman–Crippen MR) is 121 cm³/mol. The molecule has 30 heavy (non-hydrogen) atoms. The minimum atomic E-state index is -0.344. The number of ether oxygens (including phenoxy) is 1. The second-order valence-electron chi connectivity index (χ2n) is 6.28. The Morgan fingerprint density at radius 1 is 1.00 bits per heavy atom. The number of para-hydroxylation sites is 2. The first-order chi connectivity index (χ1) is 14.6. The number of aromatic nitrogens is 2. The van der Waals surface area contributed by atoms with E-state index in [-0.39, 0.29) is 23.3 Å². The van der Waals surface area contributed by atoms with Crippen LogP contribution < -0.4 is 15.6 Å². The van der Waals surface area contributed by atoms with Crippen LogP contribution in [0.25, 0.3) is 10.9 Å². The molecule has 4 rings (SSSR count). The van der Waals surface area contributed by atoms with E-state index in [1.165, 1.54) is 0 Å². The van der Waals surface area contributed by atoms with Crippen molar-refractivity contribution in [3.8, 4) is 5.75 Å². The summed E-state index contributed by atoms with van der Waals surface area (Å²) < 4.78 is 6.74.